The largest absolute Gasteiger partial charge is 0.326 e. The normalized spacial score (nSPS) is 9.53. The van der Waals surface area contributed by atoms with Crippen LogP contribution in [0.2, 0.25) is 0 Å². The summed E-state index contributed by atoms with van der Waals surface area (Å²) in [6, 6.07) is 7.91. The minimum atomic E-state index is 0. The smallest absolute Gasteiger partial charge is 0.224 e. The summed E-state index contributed by atoms with van der Waals surface area (Å²) in [7, 11) is 0. The van der Waals surface area contributed by atoms with Crippen LogP contribution in [-0.4, -0.2) is 12.5 Å². The van der Waals surface area contributed by atoms with Crippen LogP contribution in [-0.2, 0) is 11.3 Å². The molecule has 0 fully saturated rings. The Kier molecular flexibility index (Phi) is 8.46. The van der Waals surface area contributed by atoms with Gasteiger partial charge in [0.05, 0.1) is 0 Å². The van der Waals surface area contributed by atoms with Gasteiger partial charge in [0.15, 0.2) is 0 Å². The zero-order chi connectivity index (χ0) is 11.8. The van der Waals surface area contributed by atoms with Gasteiger partial charge in [-0.25, -0.2) is 0 Å². The summed E-state index contributed by atoms with van der Waals surface area (Å²) in [5, 5.41) is 6.20. The molecule has 1 aromatic rings. The number of para-hydroxylation sites is 1. The number of amides is 1. The van der Waals surface area contributed by atoms with E-state index in [-0.39, 0.29) is 18.3 Å². The summed E-state index contributed by atoms with van der Waals surface area (Å²) in [5.41, 5.74) is 2.05. The van der Waals surface area contributed by atoms with E-state index in [1.54, 1.807) is 0 Å². The van der Waals surface area contributed by atoms with Crippen LogP contribution in [0.1, 0.15) is 32.3 Å². The van der Waals surface area contributed by atoms with Crippen LogP contribution in [0.15, 0.2) is 24.3 Å². The van der Waals surface area contributed by atoms with E-state index in [1.807, 2.05) is 31.2 Å². The summed E-state index contributed by atoms with van der Waals surface area (Å²) in [4.78, 5) is 11.5. The zero-order valence-corrected chi connectivity index (χ0v) is 11.3. The Hall–Kier alpha value is -1.06. The molecule has 4 heteroatoms. The van der Waals surface area contributed by atoms with Gasteiger partial charge in [-0.15, -0.1) is 12.4 Å². The van der Waals surface area contributed by atoms with Crippen molar-refractivity contribution in [2.24, 2.45) is 0 Å². The average molecular weight is 257 g/mol. The molecule has 1 aromatic carbocycles. The third kappa shape index (κ3) is 5.71. The maximum absolute atomic E-state index is 11.5. The fraction of sp³-hybridized carbons (Fsp3) is 0.462. The van der Waals surface area contributed by atoms with Crippen LogP contribution in [0.25, 0.3) is 0 Å². The van der Waals surface area contributed by atoms with Crippen LogP contribution in [0, 0.1) is 0 Å². The van der Waals surface area contributed by atoms with Crippen molar-refractivity contribution in [2.75, 3.05) is 11.9 Å². The lowest BCUT2D eigenvalue weighted by Gasteiger charge is -2.10. The third-order valence-electron chi connectivity index (χ3n) is 2.33. The van der Waals surface area contributed by atoms with E-state index in [9.17, 15) is 4.79 Å². The van der Waals surface area contributed by atoms with Crippen molar-refractivity contribution in [2.45, 2.75) is 33.2 Å². The molecule has 0 heterocycles. The van der Waals surface area contributed by atoms with Crippen molar-refractivity contribution in [3.05, 3.63) is 29.8 Å². The van der Waals surface area contributed by atoms with Gasteiger partial charge in [-0.3, -0.25) is 4.79 Å². The lowest BCUT2D eigenvalue weighted by atomic mass is 10.1. The summed E-state index contributed by atoms with van der Waals surface area (Å²) >= 11 is 0. The molecule has 0 aliphatic rings. The van der Waals surface area contributed by atoms with Crippen LogP contribution in [0.3, 0.4) is 0 Å². The third-order valence-corrected chi connectivity index (χ3v) is 2.33. The Morgan fingerprint density at radius 3 is 2.59 bits per heavy atom. The Bertz CT molecular complexity index is 342. The van der Waals surface area contributed by atoms with Crippen LogP contribution >= 0.6 is 12.4 Å². The quantitative estimate of drug-likeness (QED) is 0.822. The average Bonchev–Trinajstić information content (AvgIpc) is 2.28. The van der Waals surface area contributed by atoms with Crippen molar-refractivity contribution in [1.82, 2.24) is 5.32 Å². The predicted molar refractivity (Wildman–Crippen MR) is 74.6 cm³/mol. The Morgan fingerprint density at radius 2 is 1.94 bits per heavy atom. The van der Waals surface area contributed by atoms with E-state index in [0.29, 0.717) is 6.42 Å². The molecule has 1 amide bonds. The summed E-state index contributed by atoms with van der Waals surface area (Å²) in [5.74, 6) is 0.0893. The molecule has 17 heavy (non-hydrogen) atoms. The Labute approximate surface area is 109 Å². The highest BCUT2D eigenvalue weighted by atomic mass is 35.5. The Balaban J connectivity index is 0.00000256. The summed E-state index contributed by atoms with van der Waals surface area (Å²) < 4.78 is 0. The number of hydrogen-bond donors (Lipinski definition) is 2. The molecule has 0 atom stereocenters. The molecule has 0 bridgehead atoms. The summed E-state index contributed by atoms with van der Waals surface area (Å²) in [6.45, 7) is 5.79. The molecule has 3 nitrogen and oxygen atoms in total. The SMILES string of the molecule is CCCC(=O)Nc1ccccc1CNCC.Cl. The lowest BCUT2D eigenvalue weighted by Crippen LogP contribution is -2.16. The Morgan fingerprint density at radius 1 is 1.24 bits per heavy atom. The van der Waals surface area contributed by atoms with Gasteiger partial charge >= 0.3 is 0 Å². The topological polar surface area (TPSA) is 41.1 Å². The van der Waals surface area contributed by atoms with E-state index in [2.05, 4.69) is 17.6 Å². The van der Waals surface area contributed by atoms with E-state index >= 15 is 0 Å². The second-order valence-corrected chi connectivity index (χ2v) is 3.74. The van der Waals surface area contributed by atoms with E-state index < -0.39 is 0 Å². The highest BCUT2D eigenvalue weighted by Crippen LogP contribution is 2.15. The van der Waals surface area contributed by atoms with Crippen molar-refractivity contribution in [1.29, 1.82) is 0 Å². The van der Waals surface area contributed by atoms with Crippen molar-refractivity contribution >= 4 is 24.0 Å². The van der Waals surface area contributed by atoms with Gasteiger partial charge in [-0.1, -0.05) is 32.0 Å². The standard InChI is InChI=1S/C13H20N2O.ClH/c1-3-7-13(16)15-12-9-6-5-8-11(12)10-14-4-2;/h5-6,8-9,14H,3-4,7,10H2,1-2H3,(H,15,16);1H. The molecule has 0 saturated heterocycles. The number of benzene rings is 1. The van der Waals surface area contributed by atoms with Crippen LogP contribution in [0.4, 0.5) is 5.69 Å². The molecule has 2 N–H and O–H groups in total. The van der Waals surface area contributed by atoms with Gasteiger partial charge in [-0.2, -0.15) is 0 Å². The summed E-state index contributed by atoms with van der Waals surface area (Å²) in [6.07, 6.45) is 1.46. The first-order valence-corrected chi connectivity index (χ1v) is 5.86. The molecule has 0 aliphatic carbocycles. The first-order chi connectivity index (χ1) is 7.77. The number of hydrogen-bond acceptors (Lipinski definition) is 2. The second-order valence-electron chi connectivity index (χ2n) is 3.74. The molecule has 0 saturated carbocycles. The maximum atomic E-state index is 11.5. The van der Waals surface area contributed by atoms with Crippen molar-refractivity contribution in [3.63, 3.8) is 0 Å². The molecule has 0 aliphatic heterocycles. The molecule has 96 valence electrons. The van der Waals surface area contributed by atoms with Crippen LogP contribution in [0.5, 0.6) is 0 Å². The molecule has 0 radical (unpaired) electrons. The fourth-order valence-corrected chi connectivity index (χ4v) is 1.50. The molecule has 0 spiro atoms. The molecular formula is C13H21ClN2O. The van der Waals surface area contributed by atoms with Gasteiger partial charge in [0.25, 0.3) is 0 Å². The van der Waals surface area contributed by atoms with Crippen molar-refractivity contribution < 1.29 is 4.79 Å². The van der Waals surface area contributed by atoms with E-state index in [1.165, 1.54) is 0 Å². The minimum absolute atomic E-state index is 0. The number of halogens is 1. The highest BCUT2D eigenvalue weighted by molar-refractivity contribution is 5.91. The van der Waals surface area contributed by atoms with Gasteiger partial charge in [0.2, 0.25) is 5.91 Å². The zero-order valence-electron chi connectivity index (χ0n) is 10.5. The number of nitrogens with one attached hydrogen (secondary N) is 2. The van der Waals surface area contributed by atoms with Crippen molar-refractivity contribution in [3.8, 4) is 0 Å². The molecule has 1 rings (SSSR count). The van der Waals surface area contributed by atoms with E-state index in [4.69, 9.17) is 0 Å². The first kappa shape index (κ1) is 15.9. The molecule has 0 aromatic heterocycles. The predicted octanol–water partition coefficient (Wildman–Crippen LogP) is 2.96. The second kappa shape index (κ2) is 9.02. The highest BCUT2D eigenvalue weighted by Gasteiger charge is 2.04. The maximum Gasteiger partial charge on any atom is 0.224 e. The number of rotatable bonds is 6. The minimum Gasteiger partial charge on any atom is -0.326 e. The molecular weight excluding hydrogens is 236 g/mol. The monoisotopic (exact) mass is 256 g/mol. The first-order valence-electron chi connectivity index (χ1n) is 5.86. The van der Waals surface area contributed by atoms with Gasteiger partial charge in [-0.05, 0) is 24.6 Å². The lowest BCUT2D eigenvalue weighted by molar-refractivity contribution is -0.116. The van der Waals surface area contributed by atoms with Crippen LogP contribution < -0.4 is 10.6 Å². The number of anilines is 1. The number of carbonyl (C=O) groups excluding carboxylic acids is 1. The fourth-order valence-electron chi connectivity index (χ4n) is 1.50. The van der Waals surface area contributed by atoms with E-state index in [0.717, 1.165) is 30.8 Å². The van der Waals surface area contributed by atoms with Gasteiger partial charge in [0.1, 0.15) is 0 Å². The number of carbonyl (C=O) groups is 1. The molecule has 0 unspecified atom stereocenters. The van der Waals surface area contributed by atoms with Gasteiger partial charge in [0, 0.05) is 18.7 Å². The van der Waals surface area contributed by atoms with Gasteiger partial charge < -0.3 is 10.6 Å².